The van der Waals surface area contributed by atoms with Gasteiger partial charge < -0.3 is 16.0 Å². The molecule has 4 aromatic rings. The summed E-state index contributed by atoms with van der Waals surface area (Å²) >= 11 is 12.2. The number of aromatic nitrogens is 3. The van der Waals surface area contributed by atoms with Crippen molar-refractivity contribution in [2.75, 3.05) is 10.6 Å². The minimum absolute atomic E-state index is 0.0259. The lowest BCUT2D eigenvalue weighted by atomic mass is 9.95. The van der Waals surface area contributed by atoms with Crippen molar-refractivity contribution in [3.05, 3.63) is 92.2 Å². The molecule has 1 saturated carbocycles. The summed E-state index contributed by atoms with van der Waals surface area (Å²) in [7, 11) is 0. The molecule has 3 amide bonds. The summed E-state index contributed by atoms with van der Waals surface area (Å²) in [5.74, 6) is -0.803. The molecule has 0 unspecified atom stereocenters. The van der Waals surface area contributed by atoms with Gasteiger partial charge in [0.25, 0.3) is 11.5 Å². The summed E-state index contributed by atoms with van der Waals surface area (Å²) in [6.07, 6.45) is 4.50. The van der Waals surface area contributed by atoms with E-state index in [1.165, 1.54) is 29.2 Å². The van der Waals surface area contributed by atoms with Gasteiger partial charge in [0.1, 0.15) is 11.5 Å². The number of anilines is 2. The molecule has 2 aromatic heterocycles. The molecule has 1 aliphatic rings. The highest BCUT2D eigenvalue weighted by molar-refractivity contribution is 6.39. The van der Waals surface area contributed by atoms with E-state index in [0.29, 0.717) is 27.9 Å². The SMILES string of the molecule is CCn1nc(-c2cccc(-c3cc(C(=O)NC4CC4)cc(F)c3C)c2)cc(NC(=O)Nc2c(Cl)cncc2Cl)c1=O. The van der Waals surface area contributed by atoms with E-state index in [0.717, 1.165) is 12.8 Å². The lowest BCUT2D eigenvalue weighted by molar-refractivity contribution is 0.0950. The summed E-state index contributed by atoms with van der Waals surface area (Å²) in [4.78, 5) is 42.2. The topological polar surface area (TPSA) is 118 Å². The maximum absolute atomic E-state index is 14.9. The number of rotatable bonds is 7. The minimum atomic E-state index is -0.738. The Hall–Kier alpha value is -4.28. The van der Waals surface area contributed by atoms with E-state index in [4.69, 9.17) is 23.2 Å². The number of carbonyl (C=O) groups excluding carboxylic acids is 2. The van der Waals surface area contributed by atoms with Gasteiger partial charge >= 0.3 is 6.03 Å². The van der Waals surface area contributed by atoms with Crippen molar-refractivity contribution in [3.8, 4) is 22.4 Å². The number of nitrogens with one attached hydrogen (secondary N) is 3. The van der Waals surface area contributed by atoms with Gasteiger partial charge in [-0.3, -0.25) is 14.6 Å². The number of benzene rings is 2. The predicted octanol–water partition coefficient (Wildman–Crippen LogP) is 6.28. The monoisotopic (exact) mass is 594 g/mol. The van der Waals surface area contributed by atoms with Gasteiger partial charge in [0.15, 0.2) is 0 Å². The maximum Gasteiger partial charge on any atom is 0.323 e. The van der Waals surface area contributed by atoms with Gasteiger partial charge in [0, 0.05) is 36.1 Å². The summed E-state index contributed by atoms with van der Waals surface area (Å²) in [6.45, 7) is 3.64. The minimum Gasteiger partial charge on any atom is -0.349 e. The van der Waals surface area contributed by atoms with Crippen LogP contribution >= 0.6 is 23.2 Å². The third-order valence-electron chi connectivity index (χ3n) is 6.60. The lowest BCUT2D eigenvalue weighted by Gasteiger charge is -2.14. The number of carbonyl (C=O) groups is 2. The van der Waals surface area contributed by atoms with E-state index in [9.17, 15) is 18.8 Å². The van der Waals surface area contributed by atoms with Gasteiger partial charge in [0.05, 0.1) is 21.4 Å². The van der Waals surface area contributed by atoms with Crippen molar-refractivity contribution in [1.82, 2.24) is 20.1 Å². The first-order valence-electron chi connectivity index (χ1n) is 12.9. The van der Waals surface area contributed by atoms with Crippen LogP contribution < -0.4 is 21.5 Å². The maximum atomic E-state index is 14.9. The van der Waals surface area contributed by atoms with E-state index in [1.54, 1.807) is 44.2 Å². The van der Waals surface area contributed by atoms with E-state index >= 15 is 0 Å². The summed E-state index contributed by atoms with van der Waals surface area (Å²) < 4.78 is 16.1. The Balaban J connectivity index is 1.48. The molecule has 210 valence electrons. The zero-order valence-electron chi connectivity index (χ0n) is 22.1. The van der Waals surface area contributed by atoms with E-state index in [1.807, 2.05) is 0 Å². The fourth-order valence-electron chi connectivity index (χ4n) is 4.24. The lowest BCUT2D eigenvalue weighted by Crippen LogP contribution is -2.29. The van der Waals surface area contributed by atoms with Crippen LogP contribution in [-0.2, 0) is 6.54 Å². The normalized spacial score (nSPS) is 12.6. The number of hydrogen-bond donors (Lipinski definition) is 3. The van der Waals surface area contributed by atoms with Crippen molar-refractivity contribution in [3.63, 3.8) is 0 Å². The van der Waals surface area contributed by atoms with Gasteiger partial charge in [-0.15, -0.1) is 0 Å². The summed E-state index contributed by atoms with van der Waals surface area (Å²) in [6, 6.07) is 10.9. The molecule has 1 fully saturated rings. The number of amides is 3. The van der Waals surface area contributed by atoms with E-state index in [-0.39, 0.29) is 45.5 Å². The molecule has 0 aliphatic heterocycles. The molecule has 0 atom stereocenters. The summed E-state index contributed by atoms with van der Waals surface area (Å²) in [5, 5.41) is 12.7. The van der Waals surface area contributed by atoms with Crippen LogP contribution in [0.3, 0.4) is 0 Å². The molecular formula is C29H25Cl2FN6O3. The molecule has 0 saturated heterocycles. The van der Waals surface area contributed by atoms with Crippen molar-refractivity contribution in [1.29, 1.82) is 0 Å². The van der Waals surface area contributed by atoms with Crippen LogP contribution in [0.4, 0.5) is 20.6 Å². The second-order valence-electron chi connectivity index (χ2n) is 9.58. The standard InChI is InChI=1S/C29H25Cl2FN6O3/c1-3-38-28(40)25(35-29(41)36-26-21(30)13-33-14-22(26)31)12-24(37-38)17-6-4-5-16(9-17)20-10-18(11-23(32)15(20)2)27(39)34-19-7-8-19/h4-6,9-14,19H,3,7-8H2,1-2H3,(H,34,39)(H2,33,35,36,41). The zero-order chi connectivity index (χ0) is 29.3. The number of urea groups is 1. The Morgan fingerprint density at radius 2 is 1.76 bits per heavy atom. The first-order chi connectivity index (χ1) is 19.6. The molecule has 9 nitrogen and oxygen atoms in total. The molecule has 12 heteroatoms. The molecule has 1 aliphatic carbocycles. The van der Waals surface area contributed by atoms with Crippen LogP contribution in [0.2, 0.25) is 10.0 Å². The Morgan fingerprint density at radius 3 is 2.44 bits per heavy atom. The first kappa shape index (κ1) is 28.3. The van der Waals surface area contributed by atoms with Gasteiger partial charge in [-0.05, 0) is 67.6 Å². The van der Waals surface area contributed by atoms with Gasteiger partial charge in [-0.25, -0.2) is 13.9 Å². The number of hydrogen-bond acceptors (Lipinski definition) is 5. The molecule has 2 heterocycles. The molecule has 41 heavy (non-hydrogen) atoms. The second kappa shape index (κ2) is 11.7. The van der Waals surface area contributed by atoms with Crippen molar-refractivity contribution < 1.29 is 14.0 Å². The largest absolute Gasteiger partial charge is 0.349 e. The fraction of sp³-hybridized carbons (Fsp3) is 0.207. The smallest absolute Gasteiger partial charge is 0.323 e. The highest BCUT2D eigenvalue weighted by atomic mass is 35.5. The third kappa shape index (κ3) is 6.23. The number of pyridine rings is 1. The molecule has 5 rings (SSSR count). The Kier molecular flexibility index (Phi) is 8.05. The van der Waals surface area contributed by atoms with Crippen LogP contribution in [0.25, 0.3) is 22.4 Å². The van der Waals surface area contributed by atoms with Gasteiger partial charge in [0.2, 0.25) is 0 Å². The van der Waals surface area contributed by atoms with Crippen LogP contribution in [0, 0.1) is 12.7 Å². The Morgan fingerprint density at radius 1 is 1.05 bits per heavy atom. The van der Waals surface area contributed by atoms with E-state index < -0.39 is 17.4 Å². The Labute approximate surface area is 244 Å². The molecule has 3 N–H and O–H groups in total. The zero-order valence-corrected chi connectivity index (χ0v) is 23.6. The average molecular weight is 595 g/mol. The molecule has 0 radical (unpaired) electrons. The van der Waals surface area contributed by atoms with Gasteiger partial charge in [-0.1, -0.05) is 41.4 Å². The predicted molar refractivity (Wildman–Crippen MR) is 157 cm³/mol. The number of halogens is 3. The van der Waals surface area contributed by atoms with Crippen LogP contribution in [0.15, 0.2) is 59.7 Å². The van der Waals surface area contributed by atoms with E-state index in [2.05, 4.69) is 26.0 Å². The highest BCUT2D eigenvalue weighted by Crippen LogP contribution is 2.31. The fourth-order valence-corrected chi connectivity index (χ4v) is 4.70. The average Bonchev–Trinajstić information content (AvgIpc) is 3.77. The molecule has 0 bridgehead atoms. The summed E-state index contributed by atoms with van der Waals surface area (Å²) in [5.41, 5.74) is 2.46. The molecular weight excluding hydrogens is 570 g/mol. The van der Waals surface area contributed by atoms with Crippen LogP contribution in [0.1, 0.15) is 35.7 Å². The van der Waals surface area contributed by atoms with Crippen LogP contribution in [-0.4, -0.2) is 32.7 Å². The second-order valence-corrected chi connectivity index (χ2v) is 10.4. The van der Waals surface area contributed by atoms with Crippen LogP contribution in [0.5, 0.6) is 0 Å². The number of nitrogens with zero attached hydrogens (tertiary/aromatic N) is 3. The van der Waals surface area contributed by atoms with Crippen molar-refractivity contribution in [2.45, 2.75) is 39.3 Å². The first-order valence-corrected chi connectivity index (χ1v) is 13.6. The van der Waals surface area contributed by atoms with Gasteiger partial charge in [-0.2, -0.15) is 5.10 Å². The van der Waals surface area contributed by atoms with Crippen molar-refractivity contribution >= 4 is 46.5 Å². The highest BCUT2D eigenvalue weighted by Gasteiger charge is 2.25. The number of aryl methyl sites for hydroxylation is 1. The third-order valence-corrected chi connectivity index (χ3v) is 7.18. The quantitative estimate of drug-likeness (QED) is 0.232. The molecule has 2 aromatic carbocycles. The molecule has 0 spiro atoms. The Bertz CT molecular complexity index is 1720. The van der Waals surface area contributed by atoms with Crippen molar-refractivity contribution in [2.24, 2.45) is 0 Å².